The molecule has 0 fully saturated rings. The van der Waals surface area contributed by atoms with E-state index in [1.807, 2.05) is 30.3 Å². The first-order chi connectivity index (χ1) is 26.3. The van der Waals surface area contributed by atoms with Gasteiger partial charge in [-0.25, -0.2) is 0 Å². The first-order valence-corrected chi connectivity index (χ1v) is 17.8. The standard InChI is InChI=1S/C48H30N4O/c1-2-11-32(12-3-1)47-49-50-48(53-47)33-19-23-37(24-20-33)51-43-16-8-6-14-39(43)41-29-35(21-26-45(41)51)36-22-27-46-42(30-36)40-15-7-9-17-44(40)52(46)38-25-18-31-10-4-5-13-34(31)28-38/h1-30H. The van der Waals surface area contributed by atoms with Gasteiger partial charge in [0.2, 0.25) is 11.8 Å². The summed E-state index contributed by atoms with van der Waals surface area (Å²) in [4.78, 5) is 0. The number of benzene rings is 8. The molecule has 0 saturated heterocycles. The van der Waals surface area contributed by atoms with Crippen molar-refractivity contribution >= 4 is 54.4 Å². The van der Waals surface area contributed by atoms with Gasteiger partial charge in [0.25, 0.3) is 0 Å². The average molecular weight is 679 g/mol. The van der Waals surface area contributed by atoms with Gasteiger partial charge in [-0.05, 0) is 107 Å². The van der Waals surface area contributed by atoms with Gasteiger partial charge in [0.15, 0.2) is 0 Å². The van der Waals surface area contributed by atoms with E-state index < -0.39 is 0 Å². The second kappa shape index (κ2) is 11.7. The second-order valence-electron chi connectivity index (χ2n) is 13.5. The molecule has 0 amide bonds. The minimum absolute atomic E-state index is 0.500. The summed E-state index contributed by atoms with van der Waals surface area (Å²) >= 11 is 0. The van der Waals surface area contributed by atoms with Crippen LogP contribution in [0.5, 0.6) is 0 Å². The van der Waals surface area contributed by atoms with E-state index in [4.69, 9.17) is 4.42 Å². The molecule has 0 spiro atoms. The zero-order valence-electron chi connectivity index (χ0n) is 28.5. The van der Waals surface area contributed by atoms with Crippen LogP contribution in [0.15, 0.2) is 186 Å². The highest BCUT2D eigenvalue weighted by molar-refractivity contribution is 6.12. The minimum Gasteiger partial charge on any atom is -0.416 e. The van der Waals surface area contributed by atoms with Crippen LogP contribution in [-0.4, -0.2) is 19.3 Å². The van der Waals surface area contributed by atoms with E-state index in [2.05, 4.69) is 171 Å². The quantitative estimate of drug-likeness (QED) is 0.182. The zero-order valence-corrected chi connectivity index (χ0v) is 28.5. The van der Waals surface area contributed by atoms with E-state index in [0.717, 1.165) is 27.8 Å². The molecule has 11 rings (SSSR count). The molecule has 3 aromatic heterocycles. The molecule has 0 aliphatic heterocycles. The third-order valence-corrected chi connectivity index (χ3v) is 10.5. The van der Waals surface area contributed by atoms with Crippen molar-refractivity contribution in [2.45, 2.75) is 0 Å². The third-order valence-electron chi connectivity index (χ3n) is 10.5. The molecule has 0 saturated carbocycles. The molecule has 0 N–H and O–H groups in total. The maximum Gasteiger partial charge on any atom is 0.248 e. The molecule has 0 unspecified atom stereocenters. The molecule has 5 heteroatoms. The Labute approximate surface area is 304 Å². The first-order valence-electron chi connectivity index (χ1n) is 17.8. The molecular weight excluding hydrogens is 649 g/mol. The summed E-state index contributed by atoms with van der Waals surface area (Å²) in [6.07, 6.45) is 0. The number of hydrogen-bond donors (Lipinski definition) is 0. The van der Waals surface area contributed by atoms with E-state index in [9.17, 15) is 0 Å². The molecule has 8 aromatic carbocycles. The lowest BCUT2D eigenvalue weighted by Gasteiger charge is -2.10. The van der Waals surface area contributed by atoms with Crippen LogP contribution in [0, 0.1) is 0 Å². The highest BCUT2D eigenvalue weighted by atomic mass is 16.4. The van der Waals surface area contributed by atoms with Crippen molar-refractivity contribution in [2.24, 2.45) is 0 Å². The summed E-state index contributed by atoms with van der Waals surface area (Å²) in [5.41, 5.74) is 11.1. The fourth-order valence-electron chi connectivity index (χ4n) is 7.97. The van der Waals surface area contributed by atoms with Crippen LogP contribution in [0.25, 0.3) is 99.8 Å². The van der Waals surface area contributed by atoms with Crippen LogP contribution < -0.4 is 0 Å². The first kappa shape index (κ1) is 29.5. The predicted octanol–water partition coefficient (Wildman–Crippen LogP) is 12.4. The molecule has 0 aliphatic rings. The fraction of sp³-hybridized carbons (Fsp3) is 0. The van der Waals surface area contributed by atoms with Gasteiger partial charge < -0.3 is 13.6 Å². The average Bonchev–Trinajstić information content (AvgIpc) is 3.94. The van der Waals surface area contributed by atoms with Gasteiger partial charge in [0.05, 0.1) is 22.1 Å². The van der Waals surface area contributed by atoms with Gasteiger partial charge in [-0.3, -0.25) is 0 Å². The molecule has 0 atom stereocenters. The predicted molar refractivity (Wildman–Crippen MR) is 217 cm³/mol. The van der Waals surface area contributed by atoms with Crippen LogP contribution in [0.2, 0.25) is 0 Å². The lowest BCUT2D eigenvalue weighted by molar-refractivity contribution is 0.584. The highest BCUT2D eigenvalue weighted by Crippen LogP contribution is 2.39. The van der Waals surface area contributed by atoms with Crippen molar-refractivity contribution in [1.29, 1.82) is 0 Å². The molecule has 0 aliphatic carbocycles. The fourth-order valence-corrected chi connectivity index (χ4v) is 7.97. The van der Waals surface area contributed by atoms with Crippen LogP contribution in [-0.2, 0) is 0 Å². The zero-order chi connectivity index (χ0) is 34.9. The largest absolute Gasteiger partial charge is 0.416 e. The lowest BCUT2D eigenvalue weighted by Crippen LogP contribution is -1.94. The Morgan fingerprint density at radius 1 is 0.321 bits per heavy atom. The van der Waals surface area contributed by atoms with Crippen molar-refractivity contribution in [3.63, 3.8) is 0 Å². The van der Waals surface area contributed by atoms with Gasteiger partial charge in [-0.2, -0.15) is 0 Å². The van der Waals surface area contributed by atoms with Crippen LogP contribution in [0.4, 0.5) is 0 Å². The van der Waals surface area contributed by atoms with Gasteiger partial charge in [0, 0.05) is 44.0 Å². The molecule has 0 bridgehead atoms. The number of rotatable bonds is 5. The smallest absolute Gasteiger partial charge is 0.248 e. The Kier molecular flexibility index (Phi) is 6.48. The highest BCUT2D eigenvalue weighted by Gasteiger charge is 2.17. The monoisotopic (exact) mass is 678 g/mol. The number of fused-ring (bicyclic) bond motifs is 7. The summed E-state index contributed by atoms with van der Waals surface area (Å²) < 4.78 is 10.8. The minimum atomic E-state index is 0.500. The van der Waals surface area contributed by atoms with Gasteiger partial charge in [-0.15, -0.1) is 10.2 Å². The Morgan fingerprint density at radius 2 is 0.792 bits per heavy atom. The molecule has 53 heavy (non-hydrogen) atoms. The molecular formula is C48H30N4O. The van der Waals surface area contributed by atoms with Crippen molar-refractivity contribution in [2.75, 3.05) is 0 Å². The van der Waals surface area contributed by atoms with Crippen molar-refractivity contribution in [3.05, 3.63) is 182 Å². The van der Waals surface area contributed by atoms with Crippen molar-refractivity contribution < 1.29 is 4.42 Å². The van der Waals surface area contributed by atoms with E-state index >= 15 is 0 Å². The van der Waals surface area contributed by atoms with Crippen LogP contribution >= 0.6 is 0 Å². The summed E-state index contributed by atoms with van der Waals surface area (Å²) in [6, 6.07) is 64.6. The molecule has 0 radical (unpaired) electrons. The molecule has 5 nitrogen and oxygen atoms in total. The Bertz CT molecular complexity index is 3170. The van der Waals surface area contributed by atoms with E-state index in [-0.39, 0.29) is 0 Å². The maximum atomic E-state index is 6.04. The lowest BCUT2D eigenvalue weighted by atomic mass is 10.0. The Hall–Kier alpha value is -7.24. The Morgan fingerprint density at radius 3 is 1.43 bits per heavy atom. The van der Waals surface area contributed by atoms with Gasteiger partial charge >= 0.3 is 0 Å². The second-order valence-corrected chi connectivity index (χ2v) is 13.5. The summed E-state index contributed by atoms with van der Waals surface area (Å²) in [5, 5.41) is 16.0. The van der Waals surface area contributed by atoms with Crippen LogP contribution in [0.1, 0.15) is 0 Å². The molecule has 248 valence electrons. The normalized spacial score (nSPS) is 11.8. The third kappa shape index (κ3) is 4.71. The maximum absolute atomic E-state index is 6.04. The summed E-state index contributed by atoms with van der Waals surface area (Å²) in [5.74, 6) is 1.01. The van der Waals surface area contributed by atoms with Gasteiger partial charge in [0.1, 0.15) is 0 Å². The van der Waals surface area contributed by atoms with Gasteiger partial charge in [-0.1, -0.05) is 97.1 Å². The summed E-state index contributed by atoms with van der Waals surface area (Å²) in [6.45, 7) is 0. The number of hydrogen-bond acceptors (Lipinski definition) is 3. The number of nitrogens with zero attached hydrogens (tertiary/aromatic N) is 4. The molecule has 3 heterocycles. The van der Waals surface area contributed by atoms with Crippen LogP contribution in [0.3, 0.4) is 0 Å². The van der Waals surface area contributed by atoms with E-state index in [0.29, 0.717) is 11.8 Å². The van der Waals surface area contributed by atoms with Crippen molar-refractivity contribution in [1.82, 2.24) is 19.3 Å². The van der Waals surface area contributed by atoms with Crippen molar-refractivity contribution in [3.8, 4) is 45.4 Å². The molecule has 11 aromatic rings. The topological polar surface area (TPSA) is 48.8 Å². The van der Waals surface area contributed by atoms with E-state index in [1.54, 1.807) is 0 Å². The van der Waals surface area contributed by atoms with E-state index in [1.165, 1.54) is 60.2 Å². The summed E-state index contributed by atoms with van der Waals surface area (Å²) in [7, 11) is 0. The SMILES string of the molecule is c1ccc(-c2nnc(-c3ccc(-n4c5ccccc5c5cc(-c6ccc7c(c6)c6ccccc6n7-c6ccc7ccccc7c6)ccc54)cc3)o2)cc1. The number of para-hydroxylation sites is 2. The number of aromatic nitrogens is 4. The Balaban J connectivity index is 1.00.